The lowest BCUT2D eigenvalue weighted by atomic mass is 10.3. The number of sulfonamides is 1. The molecule has 0 unspecified atom stereocenters. The molecular weight excluding hydrogens is 343 g/mol. The van der Waals surface area contributed by atoms with Crippen molar-refractivity contribution in [2.45, 2.75) is 11.4 Å². The number of rotatable bonds is 7. The molecule has 24 heavy (non-hydrogen) atoms. The van der Waals surface area contributed by atoms with E-state index in [4.69, 9.17) is 14.2 Å². The average molecular weight is 358 g/mol. The molecule has 11 heteroatoms. The van der Waals surface area contributed by atoms with Gasteiger partial charge in [0.15, 0.2) is 17.4 Å². The first-order chi connectivity index (χ1) is 11.4. The van der Waals surface area contributed by atoms with E-state index in [9.17, 15) is 12.8 Å². The lowest BCUT2D eigenvalue weighted by Crippen LogP contribution is -2.24. The van der Waals surface area contributed by atoms with Gasteiger partial charge in [0, 0.05) is 0 Å². The Hall–Kier alpha value is -2.53. The van der Waals surface area contributed by atoms with Gasteiger partial charge in [-0.1, -0.05) is 0 Å². The topological polar surface area (TPSA) is 113 Å². The summed E-state index contributed by atoms with van der Waals surface area (Å²) in [4.78, 5) is 11.3. The highest BCUT2D eigenvalue weighted by molar-refractivity contribution is 7.89. The fourth-order valence-corrected chi connectivity index (χ4v) is 2.69. The highest BCUT2D eigenvalue weighted by Gasteiger charge is 2.18. The number of benzene rings is 1. The molecule has 130 valence electrons. The molecule has 0 saturated carbocycles. The van der Waals surface area contributed by atoms with Gasteiger partial charge in [0.05, 0.1) is 32.8 Å². The zero-order valence-corrected chi connectivity index (χ0v) is 13.9. The maximum absolute atomic E-state index is 13.7. The minimum absolute atomic E-state index is 0.0217. The number of ether oxygens (including phenoxy) is 3. The van der Waals surface area contributed by atoms with E-state index in [1.165, 1.54) is 33.5 Å². The molecule has 1 heterocycles. The Morgan fingerprint density at radius 2 is 1.67 bits per heavy atom. The van der Waals surface area contributed by atoms with E-state index in [2.05, 4.69) is 19.7 Å². The molecule has 0 saturated heterocycles. The first kappa shape index (κ1) is 17.8. The van der Waals surface area contributed by atoms with Gasteiger partial charge in [0.2, 0.25) is 10.0 Å². The summed E-state index contributed by atoms with van der Waals surface area (Å²) in [5.74, 6) is -0.763. The van der Waals surface area contributed by atoms with Crippen molar-refractivity contribution in [2.24, 2.45) is 0 Å². The van der Waals surface area contributed by atoms with Gasteiger partial charge in [-0.15, -0.1) is 4.98 Å². The molecule has 0 aliphatic carbocycles. The smallest absolute Gasteiger partial charge is 0.322 e. The van der Waals surface area contributed by atoms with Crippen LogP contribution in [0.1, 0.15) is 5.82 Å². The maximum atomic E-state index is 13.7. The zero-order valence-electron chi connectivity index (χ0n) is 13.1. The second-order valence-electron chi connectivity index (χ2n) is 4.35. The van der Waals surface area contributed by atoms with Crippen molar-refractivity contribution in [3.63, 3.8) is 0 Å². The van der Waals surface area contributed by atoms with Crippen LogP contribution in [0.5, 0.6) is 17.8 Å². The van der Waals surface area contributed by atoms with Gasteiger partial charge in [-0.05, 0) is 18.2 Å². The van der Waals surface area contributed by atoms with Crippen molar-refractivity contribution in [3.8, 4) is 17.8 Å². The number of methoxy groups -OCH3 is 3. The molecule has 0 bridgehead atoms. The third kappa shape index (κ3) is 4.06. The molecule has 0 radical (unpaired) electrons. The summed E-state index contributed by atoms with van der Waals surface area (Å²) >= 11 is 0. The van der Waals surface area contributed by atoms with Crippen LogP contribution in [0.3, 0.4) is 0 Å². The van der Waals surface area contributed by atoms with Crippen molar-refractivity contribution in [2.75, 3.05) is 21.3 Å². The highest BCUT2D eigenvalue weighted by atomic mass is 32.2. The van der Waals surface area contributed by atoms with E-state index in [1.54, 1.807) is 0 Å². The molecule has 0 aliphatic heterocycles. The van der Waals surface area contributed by atoms with Gasteiger partial charge >= 0.3 is 12.0 Å². The molecule has 0 fully saturated rings. The molecule has 0 atom stereocenters. The Morgan fingerprint density at radius 3 is 2.17 bits per heavy atom. The van der Waals surface area contributed by atoms with E-state index >= 15 is 0 Å². The minimum Gasteiger partial charge on any atom is -0.494 e. The molecule has 1 aromatic heterocycles. The number of aromatic nitrogens is 3. The van der Waals surface area contributed by atoms with E-state index in [0.29, 0.717) is 0 Å². The number of hydrogen-bond donors (Lipinski definition) is 1. The summed E-state index contributed by atoms with van der Waals surface area (Å²) in [6.07, 6.45) is 0. The summed E-state index contributed by atoms with van der Waals surface area (Å²) in [6, 6.07) is 3.26. The zero-order chi connectivity index (χ0) is 17.7. The fourth-order valence-electron chi connectivity index (χ4n) is 1.70. The number of nitrogens with one attached hydrogen (secondary N) is 1. The summed E-state index contributed by atoms with van der Waals surface area (Å²) in [7, 11) is 0.0115. The number of halogens is 1. The van der Waals surface area contributed by atoms with E-state index < -0.39 is 15.8 Å². The monoisotopic (exact) mass is 358 g/mol. The quantitative estimate of drug-likeness (QED) is 0.762. The third-order valence-electron chi connectivity index (χ3n) is 2.86. The van der Waals surface area contributed by atoms with Crippen LogP contribution in [0.25, 0.3) is 0 Å². The first-order valence-electron chi connectivity index (χ1n) is 6.55. The number of nitrogens with zero attached hydrogens (tertiary/aromatic N) is 3. The van der Waals surface area contributed by atoms with Crippen LogP contribution in [0.4, 0.5) is 4.39 Å². The van der Waals surface area contributed by atoms with Crippen molar-refractivity contribution in [3.05, 3.63) is 29.8 Å². The van der Waals surface area contributed by atoms with Gasteiger partial charge in [0.25, 0.3) is 0 Å². The molecule has 9 nitrogen and oxygen atoms in total. The minimum atomic E-state index is -3.97. The van der Waals surface area contributed by atoms with Crippen LogP contribution in [-0.2, 0) is 16.6 Å². The van der Waals surface area contributed by atoms with Gasteiger partial charge in [-0.2, -0.15) is 9.97 Å². The van der Waals surface area contributed by atoms with Crippen molar-refractivity contribution in [1.82, 2.24) is 19.7 Å². The second kappa shape index (κ2) is 7.36. The van der Waals surface area contributed by atoms with E-state index in [0.717, 1.165) is 6.07 Å². The van der Waals surface area contributed by atoms with Gasteiger partial charge in [-0.25, -0.2) is 17.5 Å². The number of hydrogen-bond acceptors (Lipinski definition) is 8. The second-order valence-corrected chi connectivity index (χ2v) is 6.11. The van der Waals surface area contributed by atoms with E-state index in [1.807, 2.05) is 0 Å². The Kier molecular flexibility index (Phi) is 5.46. The highest BCUT2D eigenvalue weighted by Crippen LogP contribution is 2.20. The summed E-state index contributed by atoms with van der Waals surface area (Å²) < 4.78 is 54.8. The van der Waals surface area contributed by atoms with Crippen LogP contribution in [0.15, 0.2) is 23.1 Å². The SMILES string of the molecule is COc1nc(CNS(=O)(=O)c2ccc(OC)c(F)c2)nc(OC)n1. The van der Waals surface area contributed by atoms with Crippen LogP contribution < -0.4 is 18.9 Å². The van der Waals surface area contributed by atoms with E-state index in [-0.39, 0.29) is 35.0 Å². The predicted molar refractivity (Wildman–Crippen MR) is 79.9 cm³/mol. The molecule has 2 aromatic rings. The Balaban J connectivity index is 2.20. The van der Waals surface area contributed by atoms with Crippen molar-refractivity contribution in [1.29, 1.82) is 0 Å². The first-order valence-corrected chi connectivity index (χ1v) is 8.04. The molecule has 0 spiro atoms. The molecular formula is C13H15FN4O5S. The molecule has 0 aliphatic rings. The molecule has 1 aromatic carbocycles. The summed E-state index contributed by atoms with van der Waals surface area (Å²) in [6.45, 7) is -0.259. The van der Waals surface area contributed by atoms with Crippen molar-refractivity contribution < 1.29 is 27.0 Å². The lowest BCUT2D eigenvalue weighted by molar-refractivity contribution is 0.336. The van der Waals surface area contributed by atoms with Crippen molar-refractivity contribution >= 4 is 10.0 Å². The van der Waals surface area contributed by atoms with Crippen LogP contribution in [-0.4, -0.2) is 44.7 Å². The third-order valence-corrected chi connectivity index (χ3v) is 4.26. The molecule has 1 N–H and O–H groups in total. The molecule has 2 rings (SSSR count). The fraction of sp³-hybridized carbons (Fsp3) is 0.308. The Bertz CT molecular complexity index is 809. The lowest BCUT2D eigenvalue weighted by Gasteiger charge is -2.09. The Morgan fingerprint density at radius 1 is 1.04 bits per heavy atom. The average Bonchev–Trinajstić information content (AvgIpc) is 2.59. The largest absolute Gasteiger partial charge is 0.494 e. The van der Waals surface area contributed by atoms with Crippen LogP contribution in [0, 0.1) is 5.82 Å². The van der Waals surface area contributed by atoms with Gasteiger partial charge in [0.1, 0.15) is 0 Å². The van der Waals surface area contributed by atoms with Crippen LogP contribution in [0.2, 0.25) is 0 Å². The molecule has 0 amide bonds. The summed E-state index contributed by atoms with van der Waals surface area (Å²) in [5.41, 5.74) is 0. The normalized spacial score (nSPS) is 11.2. The predicted octanol–water partition coefficient (Wildman–Crippen LogP) is 0.515. The Labute approximate surface area is 137 Å². The standard InChI is InChI=1S/C13H15FN4O5S/c1-21-10-5-4-8(6-9(10)14)24(19,20)15-7-11-16-12(22-2)18-13(17-11)23-3/h4-6,15H,7H2,1-3H3. The maximum Gasteiger partial charge on any atom is 0.322 e. The summed E-state index contributed by atoms with van der Waals surface area (Å²) in [5, 5.41) is 0. The van der Waals surface area contributed by atoms with Gasteiger partial charge in [-0.3, -0.25) is 0 Å². The van der Waals surface area contributed by atoms with Gasteiger partial charge < -0.3 is 14.2 Å². The van der Waals surface area contributed by atoms with Crippen LogP contribution >= 0.6 is 0 Å².